The molecule has 0 spiro atoms. The van der Waals surface area contributed by atoms with Gasteiger partial charge in [-0.05, 0) is 26.7 Å². The number of halogens is 1. The molecule has 0 bridgehead atoms. The fourth-order valence-electron chi connectivity index (χ4n) is 2.15. The van der Waals surface area contributed by atoms with Gasteiger partial charge in [-0.15, -0.1) is 24.0 Å². The van der Waals surface area contributed by atoms with Crippen molar-refractivity contribution in [1.29, 1.82) is 0 Å². The molecule has 0 aromatic heterocycles. The zero-order chi connectivity index (χ0) is 14.1. The Balaban J connectivity index is 0.00000361. The van der Waals surface area contributed by atoms with Gasteiger partial charge in [-0.1, -0.05) is 0 Å². The molecule has 7 heteroatoms. The molecule has 1 aliphatic heterocycles. The predicted molar refractivity (Wildman–Crippen MR) is 89.6 cm³/mol. The van der Waals surface area contributed by atoms with E-state index in [9.17, 15) is 4.79 Å². The molecule has 20 heavy (non-hydrogen) atoms. The van der Waals surface area contributed by atoms with E-state index < -0.39 is 5.41 Å². The molecule has 0 aliphatic carbocycles. The molecule has 0 radical (unpaired) electrons. The standard InChI is InChI=1S/C13H25N3O3.HI/c1-4-14-12(15-5-2)16-10-13(11(17)18-3)6-8-19-9-7-13;/h4-10H2,1-3H3,(H2,14,15,16);1H. The minimum absolute atomic E-state index is 0. The molecule has 1 rings (SSSR count). The van der Waals surface area contributed by atoms with E-state index in [1.165, 1.54) is 7.11 Å². The van der Waals surface area contributed by atoms with Crippen LogP contribution in [0.15, 0.2) is 4.99 Å². The molecule has 118 valence electrons. The number of guanidine groups is 1. The van der Waals surface area contributed by atoms with Gasteiger partial charge in [0.05, 0.1) is 19.1 Å². The van der Waals surface area contributed by atoms with Crippen molar-refractivity contribution in [2.24, 2.45) is 10.4 Å². The van der Waals surface area contributed by atoms with Crippen molar-refractivity contribution in [1.82, 2.24) is 10.6 Å². The van der Waals surface area contributed by atoms with Gasteiger partial charge in [-0.3, -0.25) is 9.79 Å². The summed E-state index contributed by atoms with van der Waals surface area (Å²) >= 11 is 0. The van der Waals surface area contributed by atoms with Gasteiger partial charge in [0.2, 0.25) is 0 Å². The van der Waals surface area contributed by atoms with Crippen LogP contribution in [0.2, 0.25) is 0 Å². The average molecular weight is 399 g/mol. The largest absolute Gasteiger partial charge is 0.469 e. The number of aliphatic imine (C=N–C) groups is 1. The number of nitrogens with one attached hydrogen (secondary N) is 2. The molecule has 1 fully saturated rings. The van der Waals surface area contributed by atoms with Gasteiger partial charge < -0.3 is 20.1 Å². The van der Waals surface area contributed by atoms with Crippen LogP contribution in [-0.2, 0) is 14.3 Å². The summed E-state index contributed by atoms with van der Waals surface area (Å²) < 4.78 is 10.3. The first-order valence-corrected chi connectivity index (χ1v) is 6.87. The highest BCUT2D eigenvalue weighted by Crippen LogP contribution is 2.32. The van der Waals surface area contributed by atoms with Crippen molar-refractivity contribution in [3.63, 3.8) is 0 Å². The smallest absolute Gasteiger partial charge is 0.313 e. The van der Waals surface area contributed by atoms with Crippen LogP contribution >= 0.6 is 24.0 Å². The Morgan fingerprint density at radius 3 is 2.25 bits per heavy atom. The van der Waals surface area contributed by atoms with Crippen molar-refractivity contribution >= 4 is 35.9 Å². The van der Waals surface area contributed by atoms with Crippen LogP contribution in [0.4, 0.5) is 0 Å². The first-order chi connectivity index (χ1) is 9.18. The number of hydrogen-bond acceptors (Lipinski definition) is 4. The highest BCUT2D eigenvalue weighted by Gasteiger charge is 2.41. The number of ether oxygens (including phenoxy) is 2. The first-order valence-electron chi connectivity index (χ1n) is 6.87. The van der Waals surface area contributed by atoms with Gasteiger partial charge in [0.25, 0.3) is 0 Å². The molecule has 6 nitrogen and oxygen atoms in total. The van der Waals surface area contributed by atoms with Crippen molar-refractivity contribution in [2.75, 3.05) is 40.0 Å². The third kappa shape index (κ3) is 5.43. The Labute approximate surface area is 138 Å². The summed E-state index contributed by atoms with van der Waals surface area (Å²) in [6.45, 7) is 7.21. The molecule has 0 saturated carbocycles. The lowest BCUT2D eigenvalue weighted by atomic mass is 9.80. The van der Waals surface area contributed by atoms with Crippen LogP contribution in [0.25, 0.3) is 0 Å². The maximum Gasteiger partial charge on any atom is 0.313 e. The van der Waals surface area contributed by atoms with Gasteiger partial charge in [-0.2, -0.15) is 0 Å². The minimum Gasteiger partial charge on any atom is -0.469 e. The predicted octanol–water partition coefficient (Wildman–Crippen LogP) is 1.15. The Morgan fingerprint density at radius 1 is 1.25 bits per heavy atom. The summed E-state index contributed by atoms with van der Waals surface area (Å²) in [7, 11) is 1.43. The highest BCUT2D eigenvalue weighted by atomic mass is 127. The summed E-state index contributed by atoms with van der Waals surface area (Å²) in [5.74, 6) is 0.548. The summed E-state index contributed by atoms with van der Waals surface area (Å²) in [6.07, 6.45) is 1.32. The molecular weight excluding hydrogens is 373 g/mol. The summed E-state index contributed by atoms with van der Waals surface area (Å²) in [6, 6.07) is 0. The zero-order valence-corrected chi connectivity index (χ0v) is 14.9. The van der Waals surface area contributed by atoms with E-state index in [1.54, 1.807) is 0 Å². The summed E-state index contributed by atoms with van der Waals surface area (Å²) in [4.78, 5) is 16.5. The van der Waals surface area contributed by atoms with E-state index in [1.807, 2.05) is 13.8 Å². The van der Waals surface area contributed by atoms with Gasteiger partial charge in [-0.25, -0.2) is 0 Å². The lowest BCUT2D eigenvalue weighted by Crippen LogP contribution is -2.43. The second-order valence-corrected chi connectivity index (χ2v) is 4.61. The van der Waals surface area contributed by atoms with Gasteiger partial charge in [0, 0.05) is 26.3 Å². The first kappa shape index (κ1) is 19.4. The molecule has 1 aliphatic rings. The minimum atomic E-state index is -0.539. The molecule has 1 heterocycles. The fraction of sp³-hybridized carbons (Fsp3) is 0.846. The molecule has 0 unspecified atom stereocenters. The average Bonchev–Trinajstić information content (AvgIpc) is 2.45. The molecular formula is C13H26IN3O3. The van der Waals surface area contributed by atoms with E-state index in [-0.39, 0.29) is 29.9 Å². The van der Waals surface area contributed by atoms with E-state index in [0.29, 0.717) is 32.6 Å². The van der Waals surface area contributed by atoms with E-state index in [0.717, 1.165) is 19.0 Å². The number of esters is 1. The number of carbonyl (C=O) groups is 1. The molecule has 0 aromatic carbocycles. The van der Waals surface area contributed by atoms with Gasteiger partial charge in [0.15, 0.2) is 5.96 Å². The number of methoxy groups -OCH3 is 1. The van der Waals surface area contributed by atoms with Crippen LogP contribution < -0.4 is 10.6 Å². The second kappa shape index (κ2) is 10.2. The van der Waals surface area contributed by atoms with Crippen LogP contribution in [0, 0.1) is 5.41 Å². The molecule has 2 N–H and O–H groups in total. The molecule has 1 saturated heterocycles. The third-order valence-electron chi connectivity index (χ3n) is 3.30. The lowest BCUT2D eigenvalue weighted by molar-refractivity contribution is -0.157. The molecule has 0 atom stereocenters. The second-order valence-electron chi connectivity index (χ2n) is 4.61. The number of rotatable bonds is 5. The quantitative estimate of drug-likeness (QED) is 0.314. The van der Waals surface area contributed by atoms with Crippen LogP contribution in [-0.4, -0.2) is 51.9 Å². The SMILES string of the molecule is CCNC(=NCC1(C(=O)OC)CCOCC1)NCC.I. The maximum atomic E-state index is 12.0. The van der Waals surface area contributed by atoms with Crippen molar-refractivity contribution < 1.29 is 14.3 Å². The topological polar surface area (TPSA) is 72.0 Å². The zero-order valence-electron chi connectivity index (χ0n) is 12.5. The summed E-state index contributed by atoms with van der Waals surface area (Å²) in [5.41, 5.74) is -0.539. The monoisotopic (exact) mass is 399 g/mol. The Hall–Kier alpha value is -0.570. The van der Waals surface area contributed by atoms with Crippen molar-refractivity contribution in [3.8, 4) is 0 Å². The van der Waals surface area contributed by atoms with Crippen LogP contribution in [0.1, 0.15) is 26.7 Å². The number of nitrogens with zero attached hydrogens (tertiary/aromatic N) is 1. The summed E-state index contributed by atoms with van der Waals surface area (Å²) in [5, 5.41) is 6.31. The number of carbonyl (C=O) groups excluding carboxylic acids is 1. The highest BCUT2D eigenvalue weighted by molar-refractivity contribution is 14.0. The Bertz CT molecular complexity index is 310. The fourth-order valence-corrected chi connectivity index (χ4v) is 2.15. The molecule has 0 amide bonds. The molecule has 0 aromatic rings. The van der Waals surface area contributed by atoms with Gasteiger partial charge in [0.1, 0.15) is 0 Å². The lowest BCUT2D eigenvalue weighted by Gasteiger charge is -2.33. The van der Waals surface area contributed by atoms with Crippen molar-refractivity contribution in [3.05, 3.63) is 0 Å². The van der Waals surface area contributed by atoms with E-state index >= 15 is 0 Å². The van der Waals surface area contributed by atoms with Crippen LogP contribution in [0.5, 0.6) is 0 Å². The van der Waals surface area contributed by atoms with Crippen molar-refractivity contribution in [2.45, 2.75) is 26.7 Å². The van der Waals surface area contributed by atoms with E-state index in [4.69, 9.17) is 9.47 Å². The normalized spacial score (nSPS) is 16.6. The van der Waals surface area contributed by atoms with Gasteiger partial charge >= 0.3 is 5.97 Å². The van der Waals surface area contributed by atoms with Crippen LogP contribution in [0.3, 0.4) is 0 Å². The Kier molecular flexibility index (Phi) is 9.91. The van der Waals surface area contributed by atoms with E-state index in [2.05, 4.69) is 15.6 Å². The Morgan fingerprint density at radius 2 is 1.80 bits per heavy atom. The number of hydrogen-bond donors (Lipinski definition) is 2. The maximum absolute atomic E-state index is 12.0. The third-order valence-corrected chi connectivity index (χ3v) is 3.30.